The Morgan fingerprint density at radius 1 is 1.23 bits per heavy atom. The van der Waals surface area contributed by atoms with E-state index in [1.165, 1.54) is 6.20 Å². The minimum absolute atomic E-state index is 0.0745. The van der Waals surface area contributed by atoms with Crippen molar-refractivity contribution in [2.24, 2.45) is 0 Å². The van der Waals surface area contributed by atoms with Crippen molar-refractivity contribution in [2.75, 3.05) is 18.6 Å². The number of hydrogen-bond donors (Lipinski definition) is 2. The van der Waals surface area contributed by atoms with E-state index in [2.05, 4.69) is 25.3 Å². The van der Waals surface area contributed by atoms with E-state index < -0.39 is 7.14 Å². The summed E-state index contributed by atoms with van der Waals surface area (Å²) in [5.41, 5.74) is 2.11. The molecule has 0 saturated heterocycles. The van der Waals surface area contributed by atoms with Crippen molar-refractivity contribution >= 4 is 58.2 Å². The van der Waals surface area contributed by atoms with Crippen molar-refractivity contribution in [3.05, 3.63) is 35.0 Å². The van der Waals surface area contributed by atoms with Crippen LogP contribution in [0.15, 0.2) is 24.7 Å². The maximum atomic E-state index is 12.7. The molecule has 0 aliphatic rings. The van der Waals surface area contributed by atoms with Gasteiger partial charge in [0.2, 0.25) is 5.28 Å². The average Bonchev–Trinajstić information content (AvgIpc) is 2.89. The van der Waals surface area contributed by atoms with Gasteiger partial charge in [0, 0.05) is 0 Å². The summed E-state index contributed by atoms with van der Waals surface area (Å²) in [6.07, 6.45) is 2.98. The quantitative estimate of drug-likeness (QED) is 0.553. The summed E-state index contributed by atoms with van der Waals surface area (Å²) in [5, 5.41) is 4.11. The lowest BCUT2D eigenvalue weighted by atomic mass is 10.2. The zero-order valence-corrected chi connectivity index (χ0v) is 14.2. The Hall–Kier alpha value is -1.62. The Kier molecular flexibility index (Phi) is 3.85. The minimum Gasteiger partial charge on any atom is -0.345 e. The third kappa shape index (κ3) is 2.82. The van der Waals surface area contributed by atoms with Gasteiger partial charge < -0.3 is 14.9 Å². The molecule has 0 saturated carbocycles. The van der Waals surface area contributed by atoms with Crippen LogP contribution in [0.25, 0.3) is 11.0 Å². The lowest BCUT2D eigenvalue weighted by molar-refractivity contribution is 0.588. The Balaban J connectivity index is 2.18. The van der Waals surface area contributed by atoms with Gasteiger partial charge in [-0.2, -0.15) is 4.98 Å². The Morgan fingerprint density at radius 2 is 2.00 bits per heavy atom. The van der Waals surface area contributed by atoms with Crippen molar-refractivity contribution in [3.63, 3.8) is 0 Å². The second-order valence-corrected chi connectivity index (χ2v) is 8.97. The van der Waals surface area contributed by atoms with Crippen molar-refractivity contribution in [3.8, 4) is 0 Å². The summed E-state index contributed by atoms with van der Waals surface area (Å²) in [4.78, 5) is 15.1. The molecule has 0 spiro atoms. The van der Waals surface area contributed by atoms with E-state index in [0.29, 0.717) is 27.3 Å². The monoisotopic (exact) mass is 355 g/mol. The number of hydrogen-bond acceptors (Lipinski definition) is 5. The number of fused-ring (bicyclic) bond motifs is 1. The fraction of sp³-hybridized carbons (Fsp3) is 0.154. The highest BCUT2D eigenvalue weighted by Gasteiger charge is 2.22. The van der Waals surface area contributed by atoms with E-state index in [1.54, 1.807) is 19.7 Å². The van der Waals surface area contributed by atoms with Gasteiger partial charge in [0.15, 0.2) is 5.82 Å². The smallest absolute Gasteiger partial charge is 0.224 e. The van der Waals surface area contributed by atoms with Crippen LogP contribution in [0.2, 0.25) is 10.3 Å². The molecule has 22 heavy (non-hydrogen) atoms. The fourth-order valence-electron chi connectivity index (χ4n) is 2.20. The molecule has 1 aromatic carbocycles. The van der Waals surface area contributed by atoms with Crippen LogP contribution in [0, 0.1) is 0 Å². The first-order valence-electron chi connectivity index (χ1n) is 6.33. The fourth-order valence-corrected chi connectivity index (χ4v) is 3.87. The number of benzene rings is 1. The average molecular weight is 356 g/mol. The van der Waals surface area contributed by atoms with Gasteiger partial charge in [0.25, 0.3) is 0 Å². The van der Waals surface area contributed by atoms with Crippen LogP contribution in [0.5, 0.6) is 0 Å². The molecule has 0 aliphatic heterocycles. The summed E-state index contributed by atoms with van der Waals surface area (Å²) in [6, 6.07) is 3.66. The summed E-state index contributed by atoms with van der Waals surface area (Å²) >= 11 is 11.9. The van der Waals surface area contributed by atoms with Crippen molar-refractivity contribution in [2.45, 2.75) is 0 Å². The first-order valence-corrected chi connectivity index (χ1v) is 9.68. The zero-order valence-electron chi connectivity index (χ0n) is 11.8. The second-order valence-electron chi connectivity index (χ2n) is 5.07. The van der Waals surface area contributed by atoms with Crippen LogP contribution in [0.1, 0.15) is 0 Å². The Bertz CT molecular complexity index is 905. The molecule has 2 heterocycles. The number of aromatic amines is 1. The lowest BCUT2D eigenvalue weighted by Crippen LogP contribution is -2.12. The van der Waals surface area contributed by atoms with Crippen molar-refractivity contribution in [1.82, 2.24) is 19.9 Å². The topological polar surface area (TPSA) is 83.6 Å². The Morgan fingerprint density at radius 3 is 2.73 bits per heavy atom. The molecule has 0 unspecified atom stereocenters. The Labute approximate surface area is 136 Å². The van der Waals surface area contributed by atoms with E-state index >= 15 is 0 Å². The number of nitrogens with one attached hydrogen (secondary N) is 2. The highest BCUT2D eigenvalue weighted by Crippen LogP contribution is 2.41. The molecule has 114 valence electrons. The normalized spacial score (nSPS) is 11.8. The van der Waals surface area contributed by atoms with Gasteiger partial charge >= 0.3 is 0 Å². The maximum Gasteiger partial charge on any atom is 0.224 e. The third-order valence-corrected chi connectivity index (χ3v) is 5.06. The molecular weight excluding hydrogens is 344 g/mol. The van der Waals surface area contributed by atoms with Gasteiger partial charge in [-0.15, -0.1) is 0 Å². The van der Waals surface area contributed by atoms with Gasteiger partial charge in [-0.25, -0.2) is 9.97 Å². The molecule has 0 atom stereocenters. The van der Waals surface area contributed by atoms with E-state index in [-0.39, 0.29) is 5.28 Å². The minimum atomic E-state index is -2.60. The number of aromatic nitrogens is 4. The molecule has 3 aromatic rings. The van der Waals surface area contributed by atoms with E-state index in [1.807, 2.05) is 12.1 Å². The third-order valence-electron chi connectivity index (χ3n) is 3.07. The predicted molar refractivity (Wildman–Crippen MR) is 90.5 cm³/mol. The van der Waals surface area contributed by atoms with Crippen LogP contribution >= 0.6 is 30.3 Å². The zero-order chi connectivity index (χ0) is 15.9. The molecule has 0 aliphatic carbocycles. The largest absolute Gasteiger partial charge is 0.345 e. The second kappa shape index (κ2) is 5.54. The number of H-pyrrole nitrogens is 1. The molecule has 0 fully saturated rings. The highest BCUT2D eigenvalue weighted by atomic mass is 35.5. The van der Waals surface area contributed by atoms with Gasteiger partial charge in [-0.3, -0.25) is 0 Å². The summed E-state index contributed by atoms with van der Waals surface area (Å²) < 4.78 is 12.7. The first kappa shape index (κ1) is 15.3. The van der Waals surface area contributed by atoms with E-state index in [9.17, 15) is 4.57 Å². The molecule has 0 amide bonds. The number of halogens is 2. The molecule has 0 radical (unpaired) electrons. The summed E-state index contributed by atoms with van der Waals surface area (Å²) in [5.74, 6) is 0.353. The molecule has 0 bridgehead atoms. The van der Waals surface area contributed by atoms with Gasteiger partial charge in [-0.05, 0) is 37.1 Å². The standard InChI is InChI=1S/C13H12Cl2N5OP/c1-22(2,21)11-9(4-3-8-10(11)18-6-17-8)19-12-7(14)5-16-13(15)20-12/h3-6H,1-2H3,(H,17,18)(H,16,19,20). The molecule has 2 N–H and O–H groups in total. The molecular formula is C13H12Cl2N5OP. The van der Waals surface area contributed by atoms with Gasteiger partial charge in [0.05, 0.1) is 29.0 Å². The maximum absolute atomic E-state index is 12.7. The molecule has 3 rings (SSSR count). The lowest BCUT2D eigenvalue weighted by Gasteiger charge is -2.16. The summed E-state index contributed by atoms with van der Waals surface area (Å²) in [6.45, 7) is 3.38. The first-order chi connectivity index (χ1) is 10.4. The number of nitrogens with zero attached hydrogens (tertiary/aromatic N) is 3. The molecule has 9 heteroatoms. The van der Waals surface area contributed by atoms with Crippen molar-refractivity contribution < 1.29 is 4.57 Å². The number of imidazole rings is 1. The van der Waals surface area contributed by atoms with Gasteiger partial charge in [0.1, 0.15) is 17.7 Å². The van der Waals surface area contributed by atoms with Crippen molar-refractivity contribution in [1.29, 1.82) is 0 Å². The van der Waals surface area contributed by atoms with Crippen LogP contribution in [0.3, 0.4) is 0 Å². The van der Waals surface area contributed by atoms with Gasteiger partial charge in [-0.1, -0.05) is 11.6 Å². The van der Waals surface area contributed by atoms with Crippen LogP contribution < -0.4 is 10.6 Å². The SMILES string of the molecule is CP(C)(=O)c1c(Nc2nc(Cl)ncc2Cl)ccc2[nH]cnc12. The number of anilines is 2. The number of rotatable bonds is 3. The van der Waals surface area contributed by atoms with Crippen LogP contribution in [-0.2, 0) is 4.57 Å². The van der Waals surface area contributed by atoms with E-state index in [0.717, 1.165) is 5.52 Å². The molecule has 2 aromatic heterocycles. The molecule has 6 nitrogen and oxygen atoms in total. The predicted octanol–water partition coefficient (Wildman–Crippen LogP) is 3.65. The summed E-state index contributed by atoms with van der Waals surface area (Å²) in [7, 11) is -2.60. The highest BCUT2D eigenvalue weighted by molar-refractivity contribution is 7.71. The van der Waals surface area contributed by atoms with Crippen LogP contribution in [0.4, 0.5) is 11.5 Å². The van der Waals surface area contributed by atoms with Crippen LogP contribution in [-0.4, -0.2) is 33.3 Å². The van der Waals surface area contributed by atoms with E-state index in [4.69, 9.17) is 23.2 Å².